The molecule has 0 aromatic heterocycles. The molecule has 0 unspecified atom stereocenters. The summed E-state index contributed by atoms with van der Waals surface area (Å²) in [6.45, 7) is 3.49. The fourth-order valence-corrected chi connectivity index (χ4v) is 4.54. The molecule has 0 aliphatic carbocycles. The summed E-state index contributed by atoms with van der Waals surface area (Å²) in [5.74, 6) is -0.449. The van der Waals surface area contributed by atoms with Crippen LogP contribution in [0.2, 0.25) is 5.02 Å². The average Bonchev–Trinajstić information content (AvgIpc) is 2.75. The van der Waals surface area contributed by atoms with E-state index in [9.17, 15) is 13.2 Å². The Bertz CT molecular complexity index is 1130. The highest BCUT2D eigenvalue weighted by atomic mass is 35.5. The average molecular weight is 443 g/mol. The number of nitrogens with one attached hydrogen (secondary N) is 1. The van der Waals surface area contributed by atoms with Crippen molar-refractivity contribution in [3.63, 3.8) is 0 Å². The third kappa shape index (κ3) is 5.01. The van der Waals surface area contributed by atoms with Crippen LogP contribution in [0.5, 0.6) is 0 Å². The van der Waals surface area contributed by atoms with Crippen molar-refractivity contribution in [3.8, 4) is 0 Å². The van der Waals surface area contributed by atoms with E-state index in [0.29, 0.717) is 16.4 Å². The van der Waals surface area contributed by atoms with Crippen LogP contribution in [0.4, 0.5) is 11.4 Å². The second kappa shape index (κ2) is 9.32. The van der Waals surface area contributed by atoms with E-state index in [1.165, 1.54) is 12.1 Å². The van der Waals surface area contributed by atoms with Crippen LogP contribution in [-0.4, -0.2) is 20.9 Å². The van der Waals surface area contributed by atoms with E-state index in [-0.39, 0.29) is 11.4 Å². The number of amides is 1. The molecule has 156 valence electrons. The van der Waals surface area contributed by atoms with Crippen molar-refractivity contribution in [2.75, 3.05) is 16.2 Å². The highest BCUT2D eigenvalue weighted by molar-refractivity contribution is 7.92. The van der Waals surface area contributed by atoms with Crippen LogP contribution >= 0.6 is 11.6 Å². The first-order chi connectivity index (χ1) is 14.3. The number of hydrogen-bond acceptors (Lipinski definition) is 3. The van der Waals surface area contributed by atoms with Gasteiger partial charge in [0, 0.05) is 10.7 Å². The minimum Gasteiger partial charge on any atom is -0.325 e. The number of rotatable bonds is 7. The number of benzene rings is 3. The van der Waals surface area contributed by atoms with Gasteiger partial charge in [0.05, 0.1) is 10.6 Å². The monoisotopic (exact) mass is 442 g/mol. The SMILES string of the molecule is CCc1ccc(NC(=O)CN(c2ccc(C)c(Cl)c2)S(=O)(=O)c2ccccc2)cc1. The Labute approximate surface area is 182 Å². The van der Waals surface area contributed by atoms with Gasteiger partial charge >= 0.3 is 0 Å². The van der Waals surface area contributed by atoms with Gasteiger partial charge in [-0.25, -0.2) is 8.42 Å². The quantitative estimate of drug-likeness (QED) is 0.557. The number of hydrogen-bond donors (Lipinski definition) is 1. The number of carbonyl (C=O) groups excluding carboxylic acids is 1. The maximum atomic E-state index is 13.3. The standard InChI is InChI=1S/C23H23ClN2O3S/c1-3-18-10-12-19(13-11-18)25-23(27)16-26(20-14-9-17(2)22(24)15-20)30(28,29)21-7-5-4-6-8-21/h4-15H,3,16H2,1-2H3,(H,25,27). The molecular formula is C23H23ClN2O3S. The lowest BCUT2D eigenvalue weighted by atomic mass is 10.1. The van der Waals surface area contributed by atoms with Gasteiger partial charge in [0.25, 0.3) is 10.0 Å². The molecule has 5 nitrogen and oxygen atoms in total. The van der Waals surface area contributed by atoms with E-state index in [1.807, 2.05) is 26.0 Å². The lowest BCUT2D eigenvalue weighted by Crippen LogP contribution is -2.38. The Morgan fingerprint density at radius 3 is 2.27 bits per heavy atom. The number of sulfonamides is 1. The van der Waals surface area contributed by atoms with Crippen molar-refractivity contribution in [2.24, 2.45) is 0 Å². The molecule has 0 atom stereocenters. The molecule has 0 aliphatic rings. The zero-order valence-electron chi connectivity index (χ0n) is 16.8. The van der Waals surface area contributed by atoms with Crippen LogP contribution in [0.15, 0.2) is 77.7 Å². The molecule has 7 heteroatoms. The summed E-state index contributed by atoms with van der Waals surface area (Å²) in [4.78, 5) is 12.8. The summed E-state index contributed by atoms with van der Waals surface area (Å²) in [6.07, 6.45) is 0.894. The van der Waals surface area contributed by atoms with Gasteiger partial charge in [-0.3, -0.25) is 9.10 Å². The maximum Gasteiger partial charge on any atom is 0.264 e. The molecule has 1 amide bonds. The molecule has 0 spiro atoms. The first kappa shape index (κ1) is 21.9. The molecule has 0 fully saturated rings. The molecule has 0 heterocycles. The van der Waals surface area contributed by atoms with Crippen LogP contribution in [0.1, 0.15) is 18.1 Å². The predicted molar refractivity (Wildman–Crippen MR) is 122 cm³/mol. The zero-order valence-corrected chi connectivity index (χ0v) is 18.4. The molecule has 0 radical (unpaired) electrons. The fraction of sp³-hybridized carbons (Fsp3) is 0.174. The summed E-state index contributed by atoms with van der Waals surface area (Å²) < 4.78 is 27.7. The van der Waals surface area contributed by atoms with Gasteiger partial charge in [-0.2, -0.15) is 0 Å². The fourth-order valence-electron chi connectivity index (χ4n) is 2.93. The van der Waals surface area contributed by atoms with Gasteiger partial charge in [0.1, 0.15) is 6.54 Å². The van der Waals surface area contributed by atoms with Crippen molar-refractivity contribution >= 4 is 38.9 Å². The summed E-state index contributed by atoms with van der Waals surface area (Å²) in [7, 11) is -3.97. The lowest BCUT2D eigenvalue weighted by molar-refractivity contribution is -0.114. The minimum atomic E-state index is -3.97. The molecule has 3 aromatic rings. The topological polar surface area (TPSA) is 66.5 Å². The summed E-state index contributed by atoms with van der Waals surface area (Å²) in [5.41, 5.74) is 2.90. The number of anilines is 2. The van der Waals surface area contributed by atoms with Crippen LogP contribution in [0.3, 0.4) is 0 Å². The molecule has 0 aliphatic heterocycles. The Morgan fingerprint density at radius 1 is 1.00 bits per heavy atom. The van der Waals surface area contributed by atoms with Crippen LogP contribution in [-0.2, 0) is 21.2 Å². The number of carbonyl (C=O) groups is 1. The molecule has 0 saturated heterocycles. The zero-order chi connectivity index (χ0) is 21.7. The highest BCUT2D eigenvalue weighted by Gasteiger charge is 2.27. The molecule has 3 aromatic carbocycles. The second-order valence-corrected chi connectivity index (χ2v) is 9.13. The Hall–Kier alpha value is -2.83. The Morgan fingerprint density at radius 2 is 1.67 bits per heavy atom. The van der Waals surface area contributed by atoms with Gasteiger partial charge in [-0.05, 0) is 60.9 Å². The number of nitrogens with zero attached hydrogens (tertiary/aromatic N) is 1. The van der Waals surface area contributed by atoms with Crippen molar-refractivity contribution in [1.29, 1.82) is 0 Å². The lowest BCUT2D eigenvalue weighted by Gasteiger charge is -2.24. The van der Waals surface area contributed by atoms with Crippen LogP contribution < -0.4 is 9.62 Å². The largest absolute Gasteiger partial charge is 0.325 e. The molecule has 3 rings (SSSR count). The normalized spacial score (nSPS) is 11.2. The maximum absolute atomic E-state index is 13.3. The van der Waals surface area contributed by atoms with E-state index in [4.69, 9.17) is 11.6 Å². The number of halogens is 1. The molecule has 30 heavy (non-hydrogen) atoms. The van der Waals surface area contributed by atoms with Crippen molar-refractivity contribution in [3.05, 3.63) is 88.9 Å². The van der Waals surface area contributed by atoms with Crippen molar-refractivity contribution < 1.29 is 13.2 Å². The van der Waals surface area contributed by atoms with Gasteiger partial charge in [-0.15, -0.1) is 0 Å². The summed E-state index contributed by atoms with van der Waals surface area (Å²) in [6, 6.07) is 20.4. The van der Waals surface area contributed by atoms with Crippen molar-refractivity contribution in [2.45, 2.75) is 25.2 Å². The van der Waals surface area contributed by atoms with Gasteiger partial charge in [0.15, 0.2) is 0 Å². The first-order valence-electron chi connectivity index (χ1n) is 9.54. The molecule has 0 saturated carbocycles. The Balaban J connectivity index is 1.92. The highest BCUT2D eigenvalue weighted by Crippen LogP contribution is 2.28. The number of aryl methyl sites for hydroxylation is 2. The van der Waals surface area contributed by atoms with Gasteiger partial charge in [0.2, 0.25) is 5.91 Å². The molecule has 1 N–H and O–H groups in total. The van der Waals surface area contributed by atoms with E-state index >= 15 is 0 Å². The Kier molecular flexibility index (Phi) is 6.80. The summed E-state index contributed by atoms with van der Waals surface area (Å²) in [5, 5.41) is 3.19. The van der Waals surface area contributed by atoms with E-state index in [1.54, 1.807) is 48.5 Å². The van der Waals surface area contributed by atoms with Crippen LogP contribution in [0, 0.1) is 6.92 Å². The van der Waals surface area contributed by atoms with Gasteiger partial charge < -0.3 is 5.32 Å². The second-order valence-electron chi connectivity index (χ2n) is 6.86. The van der Waals surface area contributed by atoms with Crippen molar-refractivity contribution in [1.82, 2.24) is 0 Å². The van der Waals surface area contributed by atoms with E-state index < -0.39 is 15.9 Å². The third-order valence-corrected chi connectivity index (χ3v) is 6.90. The predicted octanol–water partition coefficient (Wildman–Crippen LogP) is 5.04. The van der Waals surface area contributed by atoms with E-state index in [0.717, 1.165) is 21.9 Å². The first-order valence-corrected chi connectivity index (χ1v) is 11.4. The molecular weight excluding hydrogens is 420 g/mol. The molecule has 0 bridgehead atoms. The smallest absolute Gasteiger partial charge is 0.264 e. The summed E-state index contributed by atoms with van der Waals surface area (Å²) >= 11 is 6.23. The van der Waals surface area contributed by atoms with Gasteiger partial charge in [-0.1, -0.05) is 54.9 Å². The van der Waals surface area contributed by atoms with Crippen LogP contribution in [0.25, 0.3) is 0 Å². The third-order valence-electron chi connectivity index (χ3n) is 4.71. The van der Waals surface area contributed by atoms with E-state index in [2.05, 4.69) is 5.32 Å². The minimum absolute atomic E-state index is 0.0989.